The van der Waals surface area contributed by atoms with Crippen molar-refractivity contribution in [1.82, 2.24) is 0 Å². The van der Waals surface area contributed by atoms with Crippen molar-refractivity contribution >= 4 is 11.6 Å². The minimum Gasteiger partial charge on any atom is -0.198 e. The van der Waals surface area contributed by atoms with Crippen LogP contribution in [0.25, 0.3) is 11.6 Å². The van der Waals surface area contributed by atoms with Gasteiger partial charge in [-0.2, -0.15) is 5.26 Å². The zero-order valence-corrected chi connectivity index (χ0v) is 13.7. The lowest BCUT2D eigenvalue weighted by molar-refractivity contribution is 0.416. The van der Waals surface area contributed by atoms with E-state index >= 15 is 0 Å². The molecule has 2 unspecified atom stereocenters. The molecule has 0 spiro atoms. The summed E-state index contributed by atoms with van der Waals surface area (Å²) in [6.45, 7) is 6.56. The maximum Gasteiger partial charge on any atom is 0.0698 e. The highest BCUT2D eigenvalue weighted by molar-refractivity contribution is 5.90. The fraction of sp³-hybridized carbons (Fsp3) is 0.381. The second-order valence-corrected chi connectivity index (χ2v) is 6.68. The van der Waals surface area contributed by atoms with E-state index in [-0.39, 0.29) is 11.3 Å². The summed E-state index contributed by atoms with van der Waals surface area (Å²) in [5, 5.41) is 12.1. The summed E-state index contributed by atoms with van der Waals surface area (Å²) in [7, 11) is 0. The maximum absolute atomic E-state index is 9.55. The van der Waals surface area contributed by atoms with E-state index in [9.17, 15) is 5.26 Å². The molecule has 112 valence electrons. The Labute approximate surface area is 133 Å². The van der Waals surface area contributed by atoms with E-state index in [1.165, 1.54) is 40.0 Å². The molecule has 1 heteroatoms. The van der Waals surface area contributed by atoms with Gasteiger partial charge in [-0.1, -0.05) is 63.1 Å². The van der Waals surface area contributed by atoms with Gasteiger partial charge in [0.2, 0.25) is 0 Å². The standard InChI is InChI=1S/C21H23N/c1-4-5-11-21(3)12-10-18-17-9-7-6-8-16(17)13-19(18)20(21)15(2)14-22/h6-10,12-13,15H,4-5,11H2,1-3H3. The molecule has 0 N–H and O–H groups in total. The normalized spacial score (nSPS) is 23.6. The van der Waals surface area contributed by atoms with Gasteiger partial charge in [-0.25, -0.2) is 0 Å². The van der Waals surface area contributed by atoms with Crippen LogP contribution >= 0.6 is 0 Å². The largest absolute Gasteiger partial charge is 0.198 e. The number of benzene rings is 1. The van der Waals surface area contributed by atoms with Crippen molar-refractivity contribution in [3.63, 3.8) is 0 Å². The molecule has 2 aliphatic rings. The average Bonchev–Trinajstić information content (AvgIpc) is 2.90. The molecule has 1 aromatic rings. The van der Waals surface area contributed by atoms with Crippen LogP contribution in [0.4, 0.5) is 0 Å². The highest BCUT2D eigenvalue weighted by atomic mass is 14.4. The first-order chi connectivity index (χ1) is 10.6. The van der Waals surface area contributed by atoms with Gasteiger partial charge in [-0.3, -0.25) is 0 Å². The number of hydrogen-bond donors (Lipinski definition) is 0. The summed E-state index contributed by atoms with van der Waals surface area (Å²) in [5.74, 6) is -0.0534. The van der Waals surface area contributed by atoms with Crippen LogP contribution in [-0.2, 0) is 0 Å². The van der Waals surface area contributed by atoms with Gasteiger partial charge < -0.3 is 0 Å². The predicted octanol–water partition coefficient (Wildman–Crippen LogP) is 3.85. The minimum atomic E-state index is -0.0534. The second-order valence-electron chi connectivity index (χ2n) is 6.68. The smallest absolute Gasteiger partial charge is 0.0698 e. The molecule has 0 aliphatic heterocycles. The lowest BCUT2D eigenvalue weighted by Crippen LogP contribution is -2.26. The third-order valence-electron chi connectivity index (χ3n) is 5.04. The van der Waals surface area contributed by atoms with E-state index in [1.807, 2.05) is 6.92 Å². The van der Waals surface area contributed by atoms with Crippen molar-refractivity contribution < 1.29 is 0 Å². The van der Waals surface area contributed by atoms with Gasteiger partial charge >= 0.3 is 0 Å². The predicted molar refractivity (Wildman–Crippen MR) is 92.1 cm³/mol. The molecule has 0 aromatic heterocycles. The highest BCUT2D eigenvalue weighted by Crippen LogP contribution is 2.46. The van der Waals surface area contributed by atoms with Crippen molar-refractivity contribution in [2.45, 2.75) is 40.0 Å². The first kappa shape index (κ1) is 14.9. The van der Waals surface area contributed by atoms with Crippen molar-refractivity contribution in [2.24, 2.45) is 11.3 Å². The number of hydrogen-bond acceptors (Lipinski definition) is 1. The molecule has 22 heavy (non-hydrogen) atoms. The number of nitriles is 1. The molecule has 2 aliphatic carbocycles. The van der Waals surface area contributed by atoms with Crippen LogP contribution in [0.3, 0.4) is 0 Å². The number of allylic oxidation sites excluding steroid dienone is 4. The average molecular weight is 289 g/mol. The Balaban J connectivity index is 2.24. The summed E-state index contributed by atoms with van der Waals surface area (Å²) in [4.78, 5) is 0. The topological polar surface area (TPSA) is 23.8 Å². The van der Waals surface area contributed by atoms with Gasteiger partial charge in [-0.05, 0) is 46.6 Å². The molecule has 0 bridgehead atoms. The van der Waals surface area contributed by atoms with Crippen molar-refractivity contribution in [3.05, 3.63) is 58.0 Å². The first-order valence-electron chi connectivity index (χ1n) is 8.25. The first-order valence-corrected chi connectivity index (χ1v) is 8.25. The number of rotatable bonds is 4. The molecule has 0 heterocycles. The molecule has 0 saturated carbocycles. The lowest BCUT2D eigenvalue weighted by Gasteiger charge is -2.36. The Morgan fingerprint density at radius 3 is 2.73 bits per heavy atom. The molecule has 0 fully saturated rings. The van der Waals surface area contributed by atoms with E-state index in [0.29, 0.717) is 0 Å². The van der Waals surface area contributed by atoms with Crippen LogP contribution in [0.1, 0.15) is 40.0 Å². The van der Waals surface area contributed by atoms with Crippen LogP contribution in [0.2, 0.25) is 0 Å². The van der Waals surface area contributed by atoms with Crippen molar-refractivity contribution in [1.29, 1.82) is 5.26 Å². The maximum atomic E-state index is 9.55. The third kappa shape index (κ3) is 2.24. The summed E-state index contributed by atoms with van der Waals surface area (Å²) < 4.78 is 0. The van der Waals surface area contributed by atoms with Crippen molar-refractivity contribution in [2.75, 3.05) is 0 Å². The van der Waals surface area contributed by atoms with Gasteiger partial charge in [-0.15, -0.1) is 0 Å². The Morgan fingerprint density at radius 2 is 2.00 bits per heavy atom. The summed E-state index contributed by atoms with van der Waals surface area (Å²) in [5.41, 5.74) is 3.89. The molecule has 1 aromatic carbocycles. The summed E-state index contributed by atoms with van der Waals surface area (Å²) in [6.07, 6.45) is 10.4. The molecular formula is C21H23N. The van der Waals surface area contributed by atoms with Crippen molar-refractivity contribution in [3.8, 4) is 6.07 Å². The van der Waals surface area contributed by atoms with Crippen LogP contribution in [-0.4, -0.2) is 0 Å². The monoisotopic (exact) mass is 289 g/mol. The SMILES string of the molecule is CCCCC1(C)C=CC2=c3ccccc3=CC2=C1C(C)C#N. The zero-order chi connectivity index (χ0) is 15.7. The van der Waals surface area contributed by atoms with E-state index < -0.39 is 0 Å². The van der Waals surface area contributed by atoms with E-state index in [4.69, 9.17) is 0 Å². The Bertz CT molecular complexity index is 816. The van der Waals surface area contributed by atoms with Crippen LogP contribution < -0.4 is 10.4 Å². The summed E-state index contributed by atoms with van der Waals surface area (Å²) >= 11 is 0. The van der Waals surface area contributed by atoms with Crippen LogP contribution in [0, 0.1) is 22.7 Å². The highest BCUT2D eigenvalue weighted by Gasteiger charge is 2.35. The van der Waals surface area contributed by atoms with Gasteiger partial charge in [0.25, 0.3) is 0 Å². The molecule has 0 amide bonds. The third-order valence-corrected chi connectivity index (χ3v) is 5.04. The Kier molecular flexibility index (Phi) is 3.79. The van der Waals surface area contributed by atoms with Gasteiger partial charge in [0.05, 0.1) is 12.0 Å². The van der Waals surface area contributed by atoms with Crippen LogP contribution in [0.15, 0.2) is 47.6 Å². The van der Waals surface area contributed by atoms with E-state index in [1.54, 1.807) is 0 Å². The fourth-order valence-electron chi connectivity index (χ4n) is 3.87. The Hall–Kier alpha value is -2.07. The summed E-state index contributed by atoms with van der Waals surface area (Å²) in [6, 6.07) is 11.0. The minimum absolute atomic E-state index is 0.00251. The molecule has 2 atom stereocenters. The van der Waals surface area contributed by atoms with Gasteiger partial charge in [0.15, 0.2) is 0 Å². The van der Waals surface area contributed by atoms with Crippen LogP contribution in [0.5, 0.6) is 0 Å². The molecule has 0 saturated heterocycles. The quantitative estimate of drug-likeness (QED) is 0.826. The van der Waals surface area contributed by atoms with E-state index in [0.717, 1.165) is 6.42 Å². The van der Waals surface area contributed by atoms with E-state index in [2.05, 4.69) is 62.4 Å². The molecule has 1 nitrogen and oxygen atoms in total. The lowest BCUT2D eigenvalue weighted by atomic mass is 9.67. The molecular weight excluding hydrogens is 266 g/mol. The second kappa shape index (κ2) is 5.61. The van der Waals surface area contributed by atoms with Gasteiger partial charge in [0.1, 0.15) is 0 Å². The zero-order valence-electron chi connectivity index (χ0n) is 13.7. The van der Waals surface area contributed by atoms with Gasteiger partial charge in [0, 0.05) is 5.41 Å². The Morgan fingerprint density at radius 1 is 1.23 bits per heavy atom. The molecule has 0 radical (unpaired) electrons. The fourth-order valence-corrected chi connectivity index (χ4v) is 3.87. The number of nitrogens with zero attached hydrogens (tertiary/aromatic N) is 1. The number of fused-ring (bicyclic) bond motifs is 2. The molecule has 3 rings (SSSR count). The number of unbranched alkanes of at least 4 members (excludes halogenated alkanes) is 1.